The highest BCUT2D eigenvalue weighted by molar-refractivity contribution is 5.84. The number of hydrogen-bond donors (Lipinski definition) is 2. The minimum Gasteiger partial charge on any atom is -0.399 e. The van der Waals surface area contributed by atoms with Gasteiger partial charge >= 0.3 is 0 Å². The fraction of sp³-hybridized carbons (Fsp3) is 0.182. The first-order valence-electron chi connectivity index (χ1n) is 4.43. The lowest BCUT2D eigenvalue weighted by Crippen LogP contribution is -1.84. The van der Waals surface area contributed by atoms with Crippen LogP contribution in [0.5, 0.6) is 0 Å². The van der Waals surface area contributed by atoms with Crippen molar-refractivity contribution >= 4 is 16.6 Å². The maximum absolute atomic E-state index is 5.65. The van der Waals surface area contributed by atoms with Gasteiger partial charge in [-0.25, -0.2) is 0 Å². The van der Waals surface area contributed by atoms with Crippen molar-refractivity contribution in [1.29, 1.82) is 0 Å². The number of H-pyrrole nitrogens is 1. The molecule has 0 aliphatic heterocycles. The molecule has 0 radical (unpaired) electrons. The van der Waals surface area contributed by atoms with Crippen molar-refractivity contribution < 1.29 is 0 Å². The first-order valence-corrected chi connectivity index (χ1v) is 4.43. The number of fused-ring (bicyclic) bond motifs is 1. The van der Waals surface area contributed by atoms with Gasteiger partial charge < -0.3 is 5.73 Å². The van der Waals surface area contributed by atoms with Crippen LogP contribution in [-0.2, 0) is 6.42 Å². The van der Waals surface area contributed by atoms with Gasteiger partial charge in [-0.2, -0.15) is 5.10 Å². The number of hydrogen-bond acceptors (Lipinski definition) is 2. The molecule has 1 aromatic carbocycles. The van der Waals surface area contributed by atoms with Crippen LogP contribution >= 0.6 is 0 Å². The number of nitrogen functional groups attached to an aromatic ring is 1. The summed E-state index contributed by atoms with van der Waals surface area (Å²) in [5.41, 5.74) is 8.34. The number of nitrogens with one attached hydrogen (secondary N) is 1. The number of nitrogens with zero attached hydrogens (tertiary/aromatic N) is 1. The van der Waals surface area contributed by atoms with Gasteiger partial charge in [0, 0.05) is 11.1 Å². The third-order valence-electron chi connectivity index (χ3n) is 2.10. The molecular weight excluding hydrogens is 174 g/mol. The predicted octanol–water partition coefficient (Wildman–Crippen LogP) is 1.71. The monoisotopic (exact) mass is 185 g/mol. The maximum Gasteiger partial charge on any atom is 0.0944 e. The number of anilines is 1. The van der Waals surface area contributed by atoms with Gasteiger partial charge in [-0.3, -0.25) is 5.10 Å². The summed E-state index contributed by atoms with van der Waals surface area (Å²) >= 11 is 0. The normalized spacial score (nSPS) is 9.79. The van der Waals surface area contributed by atoms with Crippen molar-refractivity contribution in [1.82, 2.24) is 10.2 Å². The number of rotatable bonds is 1. The molecule has 0 unspecified atom stereocenters. The molecule has 0 bridgehead atoms. The average Bonchev–Trinajstić information content (AvgIpc) is 2.57. The van der Waals surface area contributed by atoms with E-state index in [1.807, 2.05) is 25.1 Å². The van der Waals surface area contributed by atoms with Crippen molar-refractivity contribution in [2.75, 3.05) is 5.73 Å². The molecule has 0 saturated carbocycles. The van der Waals surface area contributed by atoms with E-state index in [4.69, 9.17) is 5.73 Å². The Balaban J connectivity index is 2.51. The van der Waals surface area contributed by atoms with Crippen LogP contribution in [-0.4, -0.2) is 10.2 Å². The summed E-state index contributed by atoms with van der Waals surface area (Å²) in [7, 11) is 0. The zero-order valence-corrected chi connectivity index (χ0v) is 7.96. The van der Waals surface area contributed by atoms with Crippen LogP contribution in [0.15, 0.2) is 18.2 Å². The number of aromatic nitrogens is 2. The quantitative estimate of drug-likeness (QED) is 0.525. The second-order valence-corrected chi connectivity index (χ2v) is 3.08. The minimum absolute atomic E-state index is 0.705. The van der Waals surface area contributed by atoms with Crippen molar-refractivity contribution in [2.24, 2.45) is 0 Å². The van der Waals surface area contributed by atoms with Gasteiger partial charge in [0.25, 0.3) is 0 Å². The third kappa shape index (κ3) is 1.42. The van der Waals surface area contributed by atoms with Crippen LogP contribution in [0.25, 0.3) is 10.9 Å². The van der Waals surface area contributed by atoms with Crippen molar-refractivity contribution in [2.45, 2.75) is 13.3 Å². The van der Waals surface area contributed by atoms with Crippen LogP contribution in [0.4, 0.5) is 5.69 Å². The third-order valence-corrected chi connectivity index (χ3v) is 2.10. The Hall–Kier alpha value is -1.95. The molecular formula is C11H11N3. The van der Waals surface area contributed by atoms with E-state index in [0.717, 1.165) is 22.3 Å². The first kappa shape index (κ1) is 8.64. The zero-order chi connectivity index (χ0) is 9.97. The molecule has 0 spiro atoms. The minimum atomic E-state index is 0.705. The summed E-state index contributed by atoms with van der Waals surface area (Å²) in [4.78, 5) is 0. The van der Waals surface area contributed by atoms with Gasteiger partial charge in [-0.15, -0.1) is 5.92 Å². The fourth-order valence-corrected chi connectivity index (χ4v) is 1.40. The molecule has 2 aromatic rings. The van der Waals surface area contributed by atoms with Crippen LogP contribution in [0.3, 0.4) is 0 Å². The van der Waals surface area contributed by atoms with E-state index < -0.39 is 0 Å². The van der Waals surface area contributed by atoms with E-state index in [1.165, 1.54) is 0 Å². The summed E-state index contributed by atoms with van der Waals surface area (Å²) in [6.07, 6.45) is 0.705. The van der Waals surface area contributed by atoms with Crippen molar-refractivity contribution in [3.8, 4) is 11.8 Å². The summed E-state index contributed by atoms with van der Waals surface area (Å²) in [5, 5.41) is 8.23. The second-order valence-electron chi connectivity index (χ2n) is 3.08. The number of benzene rings is 1. The maximum atomic E-state index is 5.65. The molecule has 0 fully saturated rings. The standard InChI is InChI=1S/C11H11N3/c1-2-3-4-10-9-6-5-8(12)7-11(9)14-13-10/h5-7H,4,12H2,1H3,(H,13,14). The highest BCUT2D eigenvalue weighted by Crippen LogP contribution is 2.18. The molecule has 70 valence electrons. The molecule has 0 aliphatic carbocycles. The Morgan fingerprint density at radius 2 is 2.36 bits per heavy atom. The lowest BCUT2D eigenvalue weighted by atomic mass is 10.1. The van der Waals surface area contributed by atoms with Crippen molar-refractivity contribution in [3.63, 3.8) is 0 Å². The largest absolute Gasteiger partial charge is 0.399 e. The second kappa shape index (κ2) is 3.43. The molecule has 0 aliphatic rings. The summed E-state index contributed by atoms with van der Waals surface area (Å²) < 4.78 is 0. The molecule has 3 nitrogen and oxygen atoms in total. The van der Waals surface area contributed by atoms with E-state index in [9.17, 15) is 0 Å². The van der Waals surface area contributed by atoms with Crippen LogP contribution in [0.1, 0.15) is 12.6 Å². The fourth-order valence-electron chi connectivity index (χ4n) is 1.40. The molecule has 0 saturated heterocycles. The summed E-state index contributed by atoms with van der Waals surface area (Å²) in [6, 6.07) is 5.70. The molecule has 1 aromatic heterocycles. The van der Waals surface area contributed by atoms with Crippen molar-refractivity contribution in [3.05, 3.63) is 23.9 Å². The highest BCUT2D eigenvalue weighted by atomic mass is 15.1. The highest BCUT2D eigenvalue weighted by Gasteiger charge is 2.03. The van der Waals surface area contributed by atoms with E-state index in [2.05, 4.69) is 22.0 Å². The van der Waals surface area contributed by atoms with E-state index in [-0.39, 0.29) is 0 Å². The first-order chi connectivity index (χ1) is 6.81. The van der Waals surface area contributed by atoms with Gasteiger partial charge in [0.05, 0.1) is 17.6 Å². The van der Waals surface area contributed by atoms with Gasteiger partial charge in [0.15, 0.2) is 0 Å². The lowest BCUT2D eigenvalue weighted by molar-refractivity contribution is 1.04. The van der Waals surface area contributed by atoms with E-state index >= 15 is 0 Å². The van der Waals surface area contributed by atoms with Crippen LogP contribution in [0, 0.1) is 11.8 Å². The van der Waals surface area contributed by atoms with Crippen LogP contribution < -0.4 is 5.73 Å². The Kier molecular flexibility index (Phi) is 2.11. The SMILES string of the molecule is CC#CCc1[nH]nc2cc(N)ccc12. The van der Waals surface area contributed by atoms with Gasteiger partial charge in [0.1, 0.15) is 0 Å². The smallest absolute Gasteiger partial charge is 0.0944 e. The Morgan fingerprint density at radius 3 is 3.14 bits per heavy atom. The number of nitrogens with two attached hydrogens (primary N) is 1. The molecule has 0 amide bonds. The Labute approximate surface area is 82.3 Å². The molecule has 2 rings (SSSR count). The lowest BCUT2D eigenvalue weighted by Gasteiger charge is -1.93. The molecule has 3 N–H and O–H groups in total. The average molecular weight is 185 g/mol. The molecule has 0 atom stereocenters. The summed E-state index contributed by atoms with van der Waals surface area (Å²) in [6.45, 7) is 1.83. The zero-order valence-electron chi connectivity index (χ0n) is 7.96. The molecule has 14 heavy (non-hydrogen) atoms. The van der Waals surface area contributed by atoms with E-state index in [1.54, 1.807) is 0 Å². The topological polar surface area (TPSA) is 54.7 Å². The predicted molar refractivity (Wildman–Crippen MR) is 57.7 cm³/mol. The van der Waals surface area contributed by atoms with Gasteiger partial charge in [-0.05, 0) is 25.1 Å². The van der Waals surface area contributed by atoms with Gasteiger partial charge in [-0.1, -0.05) is 5.92 Å². The summed E-state index contributed by atoms with van der Waals surface area (Å²) in [5.74, 6) is 5.86. The number of aromatic amines is 1. The Bertz CT molecular complexity index is 514. The molecule has 3 heteroatoms. The van der Waals surface area contributed by atoms with Gasteiger partial charge in [0.2, 0.25) is 0 Å². The van der Waals surface area contributed by atoms with E-state index in [0.29, 0.717) is 6.42 Å². The Morgan fingerprint density at radius 1 is 1.50 bits per heavy atom. The molecule has 1 heterocycles. The van der Waals surface area contributed by atoms with Crippen LogP contribution in [0.2, 0.25) is 0 Å².